The van der Waals surface area contributed by atoms with E-state index in [9.17, 15) is 4.79 Å². The molecule has 3 aromatic rings. The smallest absolute Gasteiger partial charge is 0.338 e. The predicted molar refractivity (Wildman–Crippen MR) is 96.2 cm³/mol. The van der Waals surface area contributed by atoms with Crippen LogP contribution in [0.25, 0.3) is 11.4 Å². The zero-order valence-electron chi connectivity index (χ0n) is 14.4. The third kappa shape index (κ3) is 2.63. The van der Waals surface area contributed by atoms with E-state index in [1.165, 1.54) is 7.11 Å². The molecule has 1 unspecified atom stereocenters. The maximum absolute atomic E-state index is 12.4. The van der Waals surface area contributed by atoms with Crippen LogP contribution >= 0.6 is 0 Å². The fourth-order valence-electron chi connectivity index (χ4n) is 3.05. The van der Waals surface area contributed by atoms with Gasteiger partial charge in [-0.2, -0.15) is 4.98 Å². The van der Waals surface area contributed by atoms with Crippen LogP contribution in [0.1, 0.15) is 18.7 Å². The van der Waals surface area contributed by atoms with Gasteiger partial charge >= 0.3 is 5.97 Å². The van der Waals surface area contributed by atoms with Crippen molar-refractivity contribution < 1.29 is 9.53 Å². The van der Waals surface area contributed by atoms with E-state index in [4.69, 9.17) is 4.74 Å². The van der Waals surface area contributed by atoms with Crippen molar-refractivity contribution >= 4 is 11.9 Å². The number of anilines is 1. The summed E-state index contributed by atoms with van der Waals surface area (Å²) in [6, 6.07) is 14.8. The number of nitrogens with zero attached hydrogens (tertiary/aromatic N) is 4. The number of fused-ring (bicyclic) bond motifs is 1. The average molecular weight is 347 g/mol. The van der Waals surface area contributed by atoms with Gasteiger partial charge < -0.3 is 10.1 Å². The van der Waals surface area contributed by atoms with E-state index in [2.05, 4.69) is 20.4 Å². The van der Waals surface area contributed by atoms with Crippen LogP contribution in [0.5, 0.6) is 0 Å². The zero-order valence-corrected chi connectivity index (χ0v) is 14.4. The molecule has 0 fully saturated rings. The Labute approximate surface area is 150 Å². The lowest BCUT2D eigenvalue weighted by Crippen LogP contribution is -2.29. The summed E-state index contributed by atoms with van der Waals surface area (Å²) < 4.78 is 6.68. The van der Waals surface area contributed by atoms with Gasteiger partial charge in [-0.15, -0.1) is 5.10 Å². The molecule has 1 atom stereocenters. The van der Waals surface area contributed by atoms with E-state index in [1.807, 2.05) is 55.5 Å². The molecule has 130 valence electrons. The van der Waals surface area contributed by atoms with Gasteiger partial charge in [0.1, 0.15) is 6.04 Å². The first-order valence-electron chi connectivity index (χ1n) is 8.18. The number of benzene rings is 1. The molecule has 0 spiro atoms. The van der Waals surface area contributed by atoms with E-state index in [0.717, 1.165) is 5.56 Å². The van der Waals surface area contributed by atoms with Crippen molar-refractivity contribution in [3.05, 3.63) is 71.7 Å². The molecule has 1 aliphatic heterocycles. The molecule has 1 aromatic carbocycles. The molecule has 0 aliphatic carbocycles. The van der Waals surface area contributed by atoms with Crippen LogP contribution < -0.4 is 5.32 Å². The van der Waals surface area contributed by atoms with Crippen molar-refractivity contribution in [2.24, 2.45) is 0 Å². The highest BCUT2D eigenvalue weighted by molar-refractivity contribution is 5.92. The Balaban J connectivity index is 1.88. The SMILES string of the molecule is COC(=O)C1=C(C)Nc2nc(-c3ccccc3)nn2C1c1ccccn1. The van der Waals surface area contributed by atoms with Crippen LogP contribution in [-0.2, 0) is 9.53 Å². The molecule has 7 nitrogen and oxygen atoms in total. The van der Waals surface area contributed by atoms with Gasteiger partial charge in [0.2, 0.25) is 5.95 Å². The van der Waals surface area contributed by atoms with E-state index < -0.39 is 12.0 Å². The van der Waals surface area contributed by atoms with Crippen LogP contribution in [0.15, 0.2) is 66.0 Å². The van der Waals surface area contributed by atoms with Crippen molar-refractivity contribution in [3.8, 4) is 11.4 Å². The molecule has 0 amide bonds. The maximum Gasteiger partial charge on any atom is 0.338 e. The molecule has 0 radical (unpaired) electrons. The first-order chi connectivity index (χ1) is 12.7. The van der Waals surface area contributed by atoms with Crippen molar-refractivity contribution in [2.45, 2.75) is 13.0 Å². The number of allylic oxidation sites excluding steroid dienone is 1. The Bertz CT molecular complexity index is 980. The molecule has 1 N–H and O–H groups in total. The molecular formula is C19H17N5O2. The highest BCUT2D eigenvalue weighted by Crippen LogP contribution is 2.35. The van der Waals surface area contributed by atoms with Crippen LogP contribution in [0, 0.1) is 0 Å². The Kier molecular flexibility index (Phi) is 3.96. The highest BCUT2D eigenvalue weighted by atomic mass is 16.5. The van der Waals surface area contributed by atoms with Gasteiger partial charge in [-0.05, 0) is 19.1 Å². The average Bonchev–Trinajstić information content (AvgIpc) is 3.11. The summed E-state index contributed by atoms with van der Waals surface area (Å²) in [5.74, 6) is 0.714. The molecule has 0 bridgehead atoms. The Morgan fingerprint density at radius 3 is 2.62 bits per heavy atom. The van der Waals surface area contributed by atoms with Crippen molar-refractivity contribution in [1.29, 1.82) is 0 Å². The normalized spacial score (nSPS) is 16.0. The second kappa shape index (κ2) is 6.44. The number of aromatic nitrogens is 4. The number of carbonyl (C=O) groups is 1. The number of carbonyl (C=O) groups excluding carboxylic acids is 1. The lowest BCUT2D eigenvalue weighted by atomic mass is 10.00. The van der Waals surface area contributed by atoms with Crippen LogP contribution in [0.4, 0.5) is 5.95 Å². The number of rotatable bonds is 3. The summed E-state index contributed by atoms with van der Waals surface area (Å²) in [6.45, 7) is 1.82. The zero-order chi connectivity index (χ0) is 18.1. The Morgan fingerprint density at radius 2 is 1.92 bits per heavy atom. The van der Waals surface area contributed by atoms with Gasteiger partial charge in [-0.1, -0.05) is 36.4 Å². The van der Waals surface area contributed by atoms with E-state index in [1.54, 1.807) is 10.9 Å². The number of pyridine rings is 1. The van der Waals surface area contributed by atoms with Gasteiger partial charge in [0.15, 0.2) is 5.82 Å². The largest absolute Gasteiger partial charge is 0.466 e. The molecular weight excluding hydrogens is 330 g/mol. The number of nitrogens with one attached hydrogen (secondary N) is 1. The van der Waals surface area contributed by atoms with E-state index in [0.29, 0.717) is 28.7 Å². The topological polar surface area (TPSA) is 81.9 Å². The molecule has 7 heteroatoms. The standard InChI is InChI=1S/C19H17N5O2/c1-12-15(18(25)26-2)16(14-10-6-7-11-20-14)24-19(21-12)22-17(23-24)13-8-4-3-5-9-13/h3-11,16H,1-2H3,(H,21,22,23). The predicted octanol–water partition coefficient (Wildman–Crippen LogP) is 2.80. The van der Waals surface area contributed by atoms with Gasteiger partial charge in [0, 0.05) is 17.5 Å². The molecule has 0 saturated carbocycles. The van der Waals surface area contributed by atoms with Crippen molar-refractivity contribution in [1.82, 2.24) is 19.7 Å². The van der Waals surface area contributed by atoms with E-state index in [-0.39, 0.29) is 0 Å². The minimum atomic E-state index is -0.509. The van der Waals surface area contributed by atoms with Gasteiger partial charge in [-0.3, -0.25) is 4.98 Å². The first kappa shape index (κ1) is 16.0. The second-order valence-electron chi connectivity index (χ2n) is 5.88. The quantitative estimate of drug-likeness (QED) is 0.734. The number of methoxy groups -OCH3 is 1. The molecule has 0 saturated heterocycles. The lowest BCUT2D eigenvalue weighted by molar-refractivity contribution is -0.136. The van der Waals surface area contributed by atoms with Gasteiger partial charge in [0.25, 0.3) is 0 Å². The molecule has 4 rings (SSSR count). The summed E-state index contributed by atoms with van der Waals surface area (Å²) >= 11 is 0. The minimum Gasteiger partial charge on any atom is -0.466 e. The van der Waals surface area contributed by atoms with Crippen LogP contribution in [0.2, 0.25) is 0 Å². The number of hydrogen-bond donors (Lipinski definition) is 1. The number of esters is 1. The molecule has 26 heavy (non-hydrogen) atoms. The summed E-state index contributed by atoms with van der Waals surface area (Å²) in [7, 11) is 1.37. The minimum absolute atomic E-state index is 0.423. The van der Waals surface area contributed by atoms with Gasteiger partial charge in [0.05, 0.1) is 18.4 Å². The van der Waals surface area contributed by atoms with Crippen molar-refractivity contribution in [3.63, 3.8) is 0 Å². The molecule has 2 aromatic heterocycles. The number of hydrogen-bond acceptors (Lipinski definition) is 6. The summed E-state index contributed by atoms with van der Waals surface area (Å²) in [4.78, 5) is 21.5. The Hall–Kier alpha value is -3.48. The third-order valence-electron chi connectivity index (χ3n) is 4.26. The molecule has 3 heterocycles. The summed E-state index contributed by atoms with van der Waals surface area (Å²) in [6.07, 6.45) is 1.69. The summed E-state index contributed by atoms with van der Waals surface area (Å²) in [5, 5.41) is 7.80. The molecule has 1 aliphatic rings. The first-order valence-corrected chi connectivity index (χ1v) is 8.18. The second-order valence-corrected chi connectivity index (χ2v) is 5.88. The summed E-state index contributed by atoms with van der Waals surface area (Å²) in [5.41, 5.74) is 2.72. The lowest BCUT2D eigenvalue weighted by Gasteiger charge is -2.27. The maximum atomic E-state index is 12.4. The fraction of sp³-hybridized carbons (Fsp3) is 0.158. The third-order valence-corrected chi connectivity index (χ3v) is 4.26. The van der Waals surface area contributed by atoms with Crippen LogP contribution in [-0.4, -0.2) is 32.8 Å². The fourth-order valence-corrected chi connectivity index (χ4v) is 3.05. The van der Waals surface area contributed by atoms with Crippen molar-refractivity contribution in [2.75, 3.05) is 12.4 Å². The number of ether oxygens (including phenoxy) is 1. The van der Waals surface area contributed by atoms with Gasteiger partial charge in [-0.25, -0.2) is 9.48 Å². The highest BCUT2D eigenvalue weighted by Gasteiger charge is 2.35. The monoisotopic (exact) mass is 347 g/mol. The Morgan fingerprint density at radius 1 is 1.15 bits per heavy atom. The van der Waals surface area contributed by atoms with Crippen LogP contribution in [0.3, 0.4) is 0 Å². The van der Waals surface area contributed by atoms with E-state index >= 15 is 0 Å².